The molecule has 0 spiro atoms. The smallest absolute Gasteiger partial charge is 0.175 e. The fourth-order valence-corrected chi connectivity index (χ4v) is 2.74. The summed E-state index contributed by atoms with van der Waals surface area (Å²) in [5.74, 6) is 0. The zero-order chi connectivity index (χ0) is 13.5. The van der Waals surface area contributed by atoms with Gasteiger partial charge in [0.15, 0.2) is 9.84 Å². The molecule has 0 N–H and O–H groups in total. The molecule has 3 aromatic rings. The molecular formula is C15H13NO2S. The molecule has 0 unspecified atom stereocenters. The Kier molecular flexibility index (Phi) is 2.68. The standard InChI is InChI=1S/C15H13NO2S/c1-19(17,18)15-7-5-12(6-8-15)13-10-14-4-2-3-9-16(14)11-13/h2-11H,1H3. The Morgan fingerprint density at radius 2 is 1.68 bits per heavy atom. The number of hydrogen-bond acceptors (Lipinski definition) is 2. The van der Waals surface area contributed by atoms with Crippen LogP contribution in [-0.4, -0.2) is 19.1 Å². The molecular weight excluding hydrogens is 258 g/mol. The number of fused-ring (bicyclic) bond motifs is 1. The molecule has 0 radical (unpaired) electrons. The zero-order valence-electron chi connectivity index (χ0n) is 10.4. The molecule has 0 aliphatic carbocycles. The second-order valence-electron chi connectivity index (χ2n) is 4.56. The highest BCUT2D eigenvalue weighted by molar-refractivity contribution is 7.90. The lowest BCUT2D eigenvalue weighted by Crippen LogP contribution is -1.95. The first-order chi connectivity index (χ1) is 9.04. The average Bonchev–Trinajstić information content (AvgIpc) is 2.81. The van der Waals surface area contributed by atoms with Crippen molar-refractivity contribution in [3.05, 3.63) is 60.9 Å². The van der Waals surface area contributed by atoms with E-state index >= 15 is 0 Å². The summed E-state index contributed by atoms with van der Waals surface area (Å²) in [6, 6.07) is 15.1. The maximum absolute atomic E-state index is 11.4. The fourth-order valence-electron chi connectivity index (χ4n) is 2.11. The number of benzene rings is 1. The Morgan fingerprint density at radius 1 is 0.947 bits per heavy atom. The molecule has 3 nitrogen and oxygen atoms in total. The van der Waals surface area contributed by atoms with Crippen molar-refractivity contribution in [1.82, 2.24) is 4.40 Å². The van der Waals surface area contributed by atoms with Crippen molar-refractivity contribution in [2.75, 3.05) is 6.26 Å². The number of hydrogen-bond donors (Lipinski definition) is 0. The van der Waals surface area contributed by atoms with Gasteiger partial charge < -0.3 is 4.40 Å². The van der Waals surface area contributed by atoms with Crippen LogP contribution in [0.25, 0.3) is 16.6 Å². The molecule has 0 fully saturated rings. The molecule has 0 aliphatic rings. The van der Waals surface area contributed by atoms with Crippen molar-refractivity contribution in [3.8, 4) is 11.1 Å². The average molecular weight is 271 g/mol. The molecule has 4 heteroatoms. The van der Waals surface area contributed by atoms with E-state index in [2.05, 4.69) is 6.07 Å². The zero-order valence-corrected chi connectivity index (χ0v) is 11.3. The first-order valence-corrected chi connectivity index (χ1v) is 7.80. The molecule has 2 aromatic heterocycles. The van der Waals surface area contributed by atoms with Crippen molar-refractivity contribution in [2.45, 2.75) is 4.90 Å². The molecule has 1 aromatic carbocycles. The van der Waals surface area contributed by atoms with Crippen LogP contribution in [-0.2, 0) is 9.84 Å². The second kappa shape index (κ2) is 4.24. The number of pyridine rings is 1. The molecule has 2 heterocycles. The highest BCUT2D eigenvalue weighted by Gasteiger charge is 2.07. The Hall–Kier alpha value is -2.07. The van der Waals surface area contributed by atoms with Crippen LogP contribution in [0.3, 0.4) is 0 Å². The lowest BCUT2D eigenvalue weighted by atomic mass is 10.1. The summed E-state index contributed by atoms with van der Waals surface area (Å²) in [7, 11) is -3.13. The second-order valence-corrected chi connectivity index (χ2v) is 6.57. The summed E-state index contributed by atoms with van der Waals surface area (Å²) in [6.07, 6.45) is 5.24. The van der Waals surface area contributed by atoms with E-state index in [0.29, 0.717) is 4.90 Å². The summed E-state index contributed by atoms with van der Waals surface area (Å²) >= 11 is 0. The summed E-state index contributed by atoms with van der Waals surface area (Å²) < 4.78 is 24.9. The van der Waals surface area contributed by atoms with E-state index in [0.717, 1.165) is 16.6 Å². The fraction of sp³-hybridized carbons (Fsp3) is 0.0667. The third-order valence-electron chi connectivity index (χ3n) is 3.12. The predicted octanol–water partition coefficient (Wildman–Crippen LogP) is 3.01. The van der Waals surface area contributed by atoms with Crippen molar-refractivity contribution >= 4 is 15.4 Å². The van der Waals surface area contributed by atoms with Gasteiger partial charge >= 0.3 is 0 Å². The molecule has 0 saturated carbocycles. The van der Waals surface area contributed by atoms with Gasteiger partial charge in [0, 0.05) is 29.7 Å². The van der Waals surface area contributed by atoms with Crippen LogP contribution >= 0.6 is 0 Å². The Balaban J connectivity index is 2.07. The largest absolute Gasteiger partial charge is 0.323 e. The number of aromatic nitrogens is 1. The van der Waals surface area contributed by atoms with E-state index in [9.17, 15) is 8.42 Å². The van der Waals surface area contributed by atoms with E-state index in [1.165, 1.54) is 6.26 Å². The van der Waals surface area contributed by atoms with Crippen LogP contribution in [0.2, 0.25) is 0 Å². The quantitative estimate of drug-likeness (QED) is 0.718. The van der Waals surface area contributed by atoms with Gasteiger partial charge in [-0.2, -0.15) is 0 Å². The van der Waals surface area contributed by atoms with Crippen LogP contribution in [0.15, 0.2) is 65.8 Å². The van der Waals surface area contributed by atoms with Gasteiger partial charge in [-0.1, -0.05) is 18.2 Å². The lowest BCUT2D eigenvalue weighted by molar-refractivity contribution is 0.602. The first-order valence-electron chi connectivity index (χ1n) is 5.91. The van der Waals surface area contributed by atoms with E-state index in [-0.39, 0.29) is 0 Å². The minimum absolute atomic E-state index is 0.347. The van der Waals surface area contributed by atoms with Crippen molar-refractivity contribution < 1.29 is 8.42 Å². The number of rotatable bonds is 2. The summed E-state index contributed by atoms with van der Waals surface area (Å²) in [5.41, 5.74) is 3.20. The van der Waals surface area contributed by atoms with Crippen LogP contribution in [0.5, 0.6) is 0 Å². The van der Waals surface area contributed by atoms with Crippen LogP contribution < -0.4 is 0 Å². The molecule has 0 amide bonds. The molecule has 19 heavy (non-hydrogen) atoms. The maximum Gasteiger partial charge on any atom is 0.175 e. The molecule has 0 aliphatic heterocycles. The summed E-state index contributed by atoms with van der Waals surface area (Å²) in [5, 5.41) is 0. The highest BCUT2D eigenvalue weighted by Crippen LogP contribution is 2.24. The van der Waals surface area contributed by atoms with Crippen LogP contribution in [0.4, 0.5) is 0 Å². The van der Waals surface area contributed by atoms with E-state index in [1.54, 1.807) is 12.1 Å². The molecule has 0 bridgehead atoms. The van der Waals surface area contributed by atoms with Crippen LogP contribution in [0.1, 0.15) is 0 Å². The van der Waals surface area contributed by atoms with Crippen molar-refractivity contribution in [3.63, 3.8) is 0 Å². The topological polar surface area (TPSA) is 38.5 Å². The maximum atomic E-state index is 11.4. The van der Waals surface area contributed by atoms with Gasteiger partial charge in [0.1, 0.15) is 0 Å². The van der Waals surface area contributed by atoms with Crippen molar-refractivity contribution in [2.24, 2.45) is 0 Å². The third-order valence-corrected chi connectivity index (χ3v) is 4.25. The van der Waals surface area contributed by atoms with Crippen LogP contribution in [0, 0.1) is 0 Å². The van der Waals surface area contributed by atoms with Gasteiger partial charge in [-0.05, 0) is 35.9 Å². The number of sulfone groups is 1. The molecule has 0 saturated heterocycles. The number of nitrogens with zero attached hydrogens (tertiary/aromatic N) is 1. The van der Waals surface area contributed by atoms with Gasteiger partial charge in [0.2, 0.25) is 0 Å². The third kappa shape index (κ3) is 2.27. The highest BCUT2D eigenvalue weighted by atomic mass is 32.2. The minimum Gasteiger partial charge on any atom is -0.323 e. The van der Waals surface area contributed by atoms with Gasteiger partial charge in [-0.15, -0.1) is 0 Å². The van der Waals surface area contributed by atoms with E-state index < -0.39 is 9.84 Å². The minimum atomic E-state index is -3.13. The Morgan fingerprint density at radius 3 is 2.32 bits per heavy atom. The molecule has 0 atom stereocenters. The van der Waals surface area contributed by atoms with E-state index in [1.807, 2.05) is 47.1 Å². The Bertz CT molecular complexity index is 797. The molecule has 96 valence electrons. The SMILES string of the molecule is CS(=O)(=O)c1ccc(-c2cc3ccccn3c2)cc1. The lowest BCUT2D eigenvalue weighted by Gasteiger charge is -2.00. The Labute approximate surface area is 112 Å². The predicted molar refractivity (Wildman–Crippen MR) is 75.9 cm³/mol. The van der Waals surface area contributed by atoms with Gasteiger partial charge in [-0.25, -0.2) is 8.42 Å². The monoisotopic (exact) mass is 271 g/mol. The first kappa shape index (κ1) is 12.0. The van der Waals surface area contributed by atoms with E-state index in [4.69, 9.17) is 0 Å². The van der Waals surface area contributed by atoms with Crippen molar-refractivity contribution in [1.29, 1.82) is 0 Å². The molecule has 3 rings (SSSR count). The van der Waals surface area contributed by atoms with Gasteiger partial charge in [0.25, 0.3) is 0 Å². The normalized spacial score (nSPS) is 11.8. The summed E-state index contributed by atoms with van der Waals surface area (Å²) in [6.45, 7) is 0. The summed E-state index contributed by atoms with van der Waals surface area (Å²) in [4.78, 5) is 0.347. The van der Waals surface area contributed by atoms with Gasteiger partial charge in [-0.3, -0.25) is 0 Å². The van der Waals surface area contributed by atoms with Gasteiger partial charge in [0.05, 0.1) is 4.90 Å².